The van der Waals surface area contributed by atoms with E-state index in [0.717, 1.165) is 37.0 Å². The SMILES string of the molecule is CCCCCCCC(=O)N[C@H](C(=O)Nc1nnc(-c2ccc(OC)cc2)s1)[C@@H](C)CC. The van der Waals surface area contributed by atoms with Crippen LogP contribution in [0.3, 0.4) is 0 Å². The summed E-state index contributed by atoms with van der Waals surface area (Å²) in [6, 6.07) is 6.90. The molecular formula is C23H34N4O3S. The molecule has 0 saturated carbocycles. The number of anilines is 1. The van der Waals surface area contributed by atoms with Crippen LogP contribution in [0.2, 0.25) is 0 Å². The molecule has 1 heterocycles. The number of carbonyl (C=O) groups excluding carboxylic acids is 2. The fourth-order valence-electron chi connectivity index (χ4n) is 3.14. The fourth-order valence-corrected chi connectivity index (χ4v) is 3.90. The predicted octanol–water partition coefficient (Wildman–Crippen LogP) is 5.04. The van der Waals surface area contributed by atoms with Gasteiger partial charge in [0.1, 0.15) is 16.8 Å². The summed E-state index contributed by atoms with van der Waals surface area (Å²) in [5.41, 5.74) is 0.897. The fraction of sp³-hybridized carbons (Fsp3) is 0.565. The summed E-state index contributed by atoms with van der Waals surface area (Å²) < 4.78 is 5.17. The maximum atomic E-state index is 12.9. The van der Waals surface area contributed by atoms with Crippen LogP contribution < -0.4 is 15.4 Å². The monoisotopic (exact) mass is 446 g/mol. The molecule has 7 nitrogen and oxygen atoms in total. The Morgan fingerprint density at radius 1 is 1.06 bits per heavy atom. The number of carbonyl (C=O) groups is 2. The van der Waals surface area contributed by atoms with Gasteiger partial charge in [0.05, 0.1) is 7.11 Å². The number of aromatic nitrogens is 2. The molecule has 8 heteroatoms. The number of unbranched alkanes of at least 4 members (excludes halogenated alkanes) is 4. The van der Waals surface area contributed by atoms with E-state index >= 15 is 0 Å². The average molecular weight is 447 g/mol. The summed E-state index contributed by atoms with van der Waals surface area (Å²) in [6.45, 7) is 6.14. The van der Waals surface area contributed by atoms with Crippen molar-refractivity contribution in [2.45, 2.75) is 71.8 Å². The highest BCUT2D eigenvalue weighted by molar-refractivity contribution is 7.18. The molecule has 170 valence electrons. The van der Waals surface area contributed by atoms with Crippen molar-refractivity contribution < 1.29 is 14.3 Å². The Kier molecular flexibility index (Phi) is 10.4. The molecule has 2 aromatic rings. The van der Waals surface area contributed by atoms with Gasteiger partial charge in [-0.2, -0.15) is 0 Å². The third-order valence-electron chi connectivity index (χ3n) is 5.31. The highest BCUT2D eigenvalue weighted by Crippen LogP contribution is 2.28. The number of rotatable bonds is 13. The van der Waals surface area contributed by atoms with Gasteiger partial charge in [-0.05, 0) is 36.6 Å². The van der Waals surface area contributed by atoms with Crippen molar-refractivity contribution in [3.63, 3.8) is 0 Å². The molecule has 0 unspecified atom stereocenters. The van der Waals surface area contributed by atoms with E-state index in [0.29, 0.717) is 16.6 Å². The molecule has 0 fully saturated rings. The lowest BCUT2D eigenvalue weighted by Crippen LogP contribution is -2.47. The zero-order chi connectivity index (χ0) is 22.6. The molecule has 0 aliphatic rings. The number of hydrogen-bond donors (Lipinski definition) is 2. The van der Waals surface area contributed by atoms with Crippen LogP contribution >= 0.6 is 11.3 Å². The van der Waals surface area contributed by atoms with Crippen molar-refractivity contribution in [2.75, 3.05) is 12.4 Å². The standard InChI is InChI=1S/C23H34N4O3S/c1-5-7-8-9-10-11-19(28)24-20(16(3)6-2)21(29)25-23-27-26-22(31-23)17-12-14-18(30-4)15-13-17/h12-16,20H,5-11H2,1-4H3,(H,24,28)(H,25,27,29)/t16-,20-/m0/s1. The maximum absolute atomic E-state index is 12.9. The van der Waals surface area contributed by atoms with E-state index in [1.54, 1.807) is 7.11 Å². The summed E-state index contributed by atoms with van der Waals surface area (Å²) >= 11 is 1.30. The molecule has 1 aromatic carbocycles. The third kappa shape index (κ3) is 7.94. The highest BCUT2D eigenvalue weighted by Gasteiger charge is 2.26. The number of ether oxygens (including phenoxy) is 1. The summed E-state index contributed by atoms with van der Waals surface area (Å²) in [7, 11) is 1.62. The highest BCUT2D eigenvalue weighted by atomic mass is 32.1. The number of nitrogens with one attached hydrogen (secondary N) is 2. The number of nitrogens with zero attached hydrogens (tertiary/aromatic N) is 2. The van der Waals surface area contributed by atoms with E-state index in [-0.39, 0.29) is 17.7 Å². The molecular weight excluding hydrogens is 412 g/mol. The second kappa shape index (κ2) is 13.0. The first-order valence-electron chi connectivity index (χ1n) is 11.1. The average Bonchev–Trinajstić information content (AvgIpc) is 3.25. The van der Waals surface area contributed by atoms with E-state index < -0.39 is 6.04 Å². The van der Waals surface area contributed by atoms with Gasteiger partial charge in [0.2, 0.25) is 16.9 Å². The quantitative estimate of drug-likeness (QED) is 0.420. The van der Waals surface area contributed by atoms with Crippen molar-refractivity contribution in [1.82, 2.24) is 15.5 Å². The molecule has 0 aliphatic heterocycles. The Bertz CT molecular complexity index is 822. The first-order valence-corrected chi connectivity index (χ1v) is 11.9. The van der Waals surface area contributed by atoms with Crippen molar-refractivity contribution in [3.8, 4) is 16.3 Å². The summed E-state index contributed by atoms with van der Waals surface area (Å²) in [6.07, 6.45) is 6.63. The van der Waals surface area contributed by atoms with Crippen molar-refractivity contribution >= 4 is 28.3 Å². The molecule has 0 radical (unpaired) electrons. The Hall–Kier alpha value is -2.48. The van der Waals surface area contributed by atoms with Crippen LogP contribution in [-0.2, 0) is 9.59 Å². The molecule has 2 rings (SSSR count). The van der Waals surface area contributed by atoms with E-state index in [2.05, 4.69) is 27.8 Å². The van der Waals surface area contributed by atoms with Crippen LogP contribution in [-0.4, -0.2) is 35.2 Å². The van der Waals surface area contributed by atoms with Crippen LogP contribution in [0.15, 0.2) is 24.3 Å². The van der Waals surface area contributed by atoms with E-state index in [9.17, 15) is 9.59 Å². The molecule has 31 heavy (non-hydrogen) atoms. The number of methoxy groups -OCH3 is 1. The molecule has 2 N–H and O–H groups in total. The zero-order valence-corrected chi connectivity index (χ0v) is 19.8. The lowest BCUT2D eigenvalue weighted by atomic mass is 9.98. The van der Waals surface area contributed by atoms with Crippen LogP contribution in [0.5, 0.6) is 5.75 Å². The first-order chi connectivity index (χ1) is 15.0. The summed E-state index contributed by atoms with van der Waals surface area (Å²) in [4.78, 5) is 25.3. The van der Waals surface area contributed by atoms with E-state index in [4.69, 9.17) is 4.74 Å². The van der Waals surface area contributed by atoms with Gasteiger partial charge in [-0.1, -0.05) is 64.2 Å². The first kappa shape index (κ1) is 24.8. The molecule has 0 saturated heterocycles. The predicted molar refractivity (Wildman–Crippen MR) is 125 cm³/mol. The zero-order valence-electron chi connectivity index (χ0n) is 18.9. The Balaban J connectivity index is 1.95. The lowest BCUT2D eigenvalue weighted by Gasteiger charge is -2.23. The molecule has 1 aromatic heterocycles. The third-order valence-corrected chi connectivity index (χ3v) is 6.20. The molecule has 0 spiro atoms. The van der Waals surface area contributed by atoms with Crippen LogP contribution in [0.25, 0.3) is 10.6 Å². The van der Waals surface area contributed by atoms with Crippen LogP contribution in [0, 0.1) is 5.92 Å². The van der Waals surface area contributed by atoms with Crippen molar-refractivity contribution in [3.05, 3.63) is 24.3 Å². The number of hydrogen-bond acceptors (Lipinski definition) is 6. The molecule has 2 amide bonds. The minimum Gasteiger partial charge on any atom is -0.497 e. The van der Waals surface area contributed by atoms with Gasteiger partial charge in [0.25, 0.3) is 0 Å². The largest absolute Gasteiger partial charge is 0.497 e. The van der Waals surface area contributed by atoms with Gasteiger partial charge in [0.15, 0.2) is 0 Å². The van der Waals surface area contributed by atoms with Crippen LogP contribution in [0.4, 0.5) is 5.13 Å². The van der Waals surface area contributed by atoms with E-state index in [1.165, 1.54) is 24.2 Å². The Labute approximate surface area is 189 Å². The summed E-state index contributed by atoms with van der Waals surface area (Å²) in [5, 5.41) is 15.1. The smallest absolute Gasteiger partial charge is 0.249 e. The Morgan fingerprint density at radius 3 is 2.42 bits per heavy atom. The topological polar surface area (TPSA) is 93.2 Å². The second-order valence-corrected chi connectivity index (χ2v) is 8.70. The van der Waals surface area contributed by atoms with Gasteiger partial charge in [0, 0.05) is 12.0 Å². The normalized spacial score (nSPS) is 12.8. The van der Waals surface area contributed by atoms with Gasteiger partial charge in [-0.25, -0.2) is 0 Å². The van der Waals surface area contributed by atoms with Gasteiger partial charge >= 0.3 is 0 Å². The van der Waals surface area contributed by atoms with Gasteiger partial charge in [-0.15, -0.1) is 10.2 Å². The second-order valence-electron chi connectivity index (χ2n) is 7.73. The van der Waals surface area contributed by atoms with Crippen molar-refractivity contribution in [2.24, 2.45) is 5.92 Å². The molecule has 0 aliphatic carbocycles. The number of amides is 2. The Morgan fingerprint density at radius 2 is 1.77 bits per heavy atom. The maximum Gasteiger partial charge on any atom is 0.249 e. The van der Waals surface area contributed by atoms with E-state index in [1.807, 2.05) is 38.1 Å². The summed E-state index contributed by atoms with van der Waals surface area (Å²) in [5.74, 6) is 0.441. The van der Waals surface area contributed by atoms with Gasteiger partial charge < -0.3 is 10.1 Å². The van der Waals surface area contributed by atoms with Crippen LogP contribution in [0.1, 0.15) is 65.7 Å². The lowest BCUT2D eigenvalue weighted by molar-refractivity contribution is -0.127. The minimum atomic E-state index is -0.596. The molecule has 0 bridgehead atoms. The number of benzene rings is 1. The van der Waals surface area contributed by atoms with Crippen molar-refractivity contribution in [1.29, 1.82) is 0 Å². The van der Waals surface area contributed by atoms with Gasteiger partial charge in [-0.3, -0.25) is 14.9 Å². The molecule has 2 atom stereocenters. The minimum absolute atomic E-state index is 0.0121.